The van der Waals surface area contributed by atoms with E-state index in [0.29, 0.717) is 17.1 Å². The Balaban J connectivity index is 3.15. The van der Waals surface area contributed by atoms with Crippen molar-refractivity contribution in [1.29, 1.82) is 5.26 Å². The highest BCUT2D eigenvalue weighted by Gasteiger charge is 2.11. The van der Waals surface area contributed by atoms with Crippen molar-refractivity contribution >= 4 is 17.6 Å². The van der Waals surface area contributed by atoms with Crippen LogP contribution >= 0.6 is 0 Å². The predicted molar refractivity (Wildman–Crippen MR) is 73.4 cm³/mol. The highest BCUT2D eigenvalue weighted by molar-refractivity contribution is 6.21. The van der Waals surface area contributed by atoms with E-state index in [1.807, 2.05) is 6.07 Å². The minimum absolute atomic E-state index is 0.0856. The van der Waals surface area contributed by atoms with Crippen molar-refractivity contribution in [2.45, 2.75) is 13.8 Å². The summed E-state index contributed by atoms with van der Waals surface area (Å²) in [7, 11) is 1.47. The summed E-state index contributed by atoms with van der Waals surface area (Å²) in [6.07, 6.45) is 1.50. The molecule has 0 saturated heterocycles. The number of rotatable bonds is 6. The SMILES string of the molecule is COc1cc(C=C(C(C)=O)C(C)=O)ccc1OCC#N. The Morgan fingerprint density at radius 2 is 1.90 bits per heavy atom. The van der Waals surface area contributed by atoms with Crippen molar-refractivity contribution in [2.75, 3.05) is 13.7 Å². The van der Waals surface area contributed by atoms with Crippen LogP contribution < -0.4 is 9.47 Å². The number of hydrogen-bond acceptors (Lipinski definition) is 5. The molecule has 0 heterocycles. The van der Waals surface area contributed by atoms with Gasteiger partial charge in [0.2, 0.25) is 0 Å². The Morgan fingerprint density at radius 1 is 1.25 bits per heavy atom. The van der Waals surface area contributed by atoms with Crippen LogP contribution in [0.5, 0.6) is 11.5 Å². The number of Topliss-reactive ketones (excluding diaryl/α,β-unsaturated/α-hetero) is 2. The molecule has 0 aliphatic carbocycles. The van der Waals surface area contributed by atoms with E-state index in [-0.39, 0.29) is 23.7 Å². The second-order valence-corrected chi connectivity index (χ2v) is 4.03. The van der Waals surface area contributed by atoms with E-state index in [1.165, 1.54) is 27.0 Å². The van der Waals surface area contributed by atoms with E-state index in [2.05, 4.69) is 0 Å². The first kappa shape index (κ1) is 15.4. The Kier molecular flexibility index (Phi) is 5.48. The van der Waals surface area contributed by atoms with Gasteiger partial charge in [0.05, 0.1) is 12.7 Å². The van der Waals surface area contributed by atoms with Gasteiger partial charge in [0.1, 0.15) is 6.07 Å². The van der Waals surface area contributed by atoms with Gasteiger partial charge in [-0.2, -0.15) is 5.26 Å². The molecule has 1 aromatic rings. The van der Waals surface area contributed by atoms with E-state index in [0.717, 1.165) is 0 Å². The molecular weight excluding hydrogens is 258 g/mol. The third kappa shape index (κ3) is 3.95. The van der Waals surface area contributed by atoms with E-state index >= 15 is 0 Å². The fourth-order valence-corrected chi connectivity index (χ4v) is 1.62. The van der Waals surface area contributed by atoms with Crippen LogP contribution in [0.2, 0.25) is 0 Å². The molecule has 0 fully saturated rings. The number of carbonyl (C=O) groups is 2. The normalized spacial score (nSPS) is 9.30. The maximum Gasteiger partial charge on any atom is 0.174 e. The molecule has 1 aromatic carbocycles. The molecule has 5 heteroatoms. The fourth-order valence-electron chi connectivity index (χ4n) is 1.62. The highest BCUT2D eigenvalue weighted by atomic mass is 16.5. The minimum atomic E-state index is -0.290. The lowest BCUT2D eigenvalue weighted by atomic mass is 10.0. The molecule has 0 spiro atoms. The van der Waals surface area contributed by atoms with E-state index in [1.54, 1.807) is 18.2 Å². The lowest BCUT2D eigenvalue weighted by molar-refractivity contribution is -0.119. The molecule has 0 aromatic heterocycles. The number of benzene rings is 1. The molecule has 0 atom stereocenters. The molecule has 0 aliphatic rings. The summed E-state index contributed by atoms with van der Waals surface area (Å²) in [4.78, 5) is 22.7. The summed E-state index contributed by atoms with van der Waals surface area (Å²) >= 11 is 0. The lowest BCUT2D eigenvalue weighted by Crippen LogP contribution is -2.05. The van der Waals surface area contributed by atoms with Crippen molar-refractivity contribution in [3.05, 3.63) is 29.3 Å². The third-order valence-electron chi connectivity index (χ3n) is 2.55. The second kappa shape index (κ2) is 7.10. The molecule has 0 amide bonds. The number of hydrogen-bond donors (Lipinski definition) is 0. The number of ketones is 2. The number of nitrogens with zero attached hydrogens (tertiary/aromatic N) is 1. The van der Waals surface area contributed by atoms with E-state index < -0.39 is 0 Å². The standard InChI is InChI=1S/C15H15NO4/c1-10(17)13(11(2)18)8-12-4-5-14(20-7-6-16)15(9-12)19-3/h4-5,8-9H,7H2,1-3H3. The minimum Gasteiger partial charge on any atom is -0.493 e. The third-order valence-corrected chi connectivity index (χ3v) is 2.55. The lowest BCUT2D eigenvalue weighted by Gasteiger charge is -2.09. The zero-order valence-electron chi connectivity index (χ0n) is 11.6. The van der Waals surface area contributed by atoms with Crippen LogP contribution in [0, 0.1) is 11.3 Å². The van der Waals surface area contributed by atoms with Crippen LogP contribution in [0.3, 0.4) is 0 Å². The predicted octanol–water partition coefficient (Wildman–Crippen LogP) is 2.16. The van der Waals surface area contributed by atoms with Crippen molar-refractivity contribution < 1.29 is 19.1 Å². The Labute approximate surface area is 117 Å². The van der Waals surface area contributed by atoms with Gasteiger partial charge >= 0.3 is 0 Å². The molecule has 1 rings (SSSR count). The number of allylic oxidation sites excluding steroid dienone is 1. The molecule has 5 nitrogen and oxygen atoms in total. The molecule has 0 aliphatic heterocycles. The number of nitriles is 1. The Hall–Kier alpha value is -2.61. The van der Waals surface area contributed by atoms with Gasteiger partial charge in [-0.1, -0.05) is 6.07 Å². The average Bonchev–Trinajstić information content (AvgIpc) is 2.42. The first-order valence-corrected chi connectivity index (χ1v) is 5.91. The molecule has 104 valence electrons. The zero-order valence-corrected chi connectivity index (χ0v) is 11.6. The van der Waals surface area contributed by atoms with Gasteiger partial charge in [-0.05, 0) is 37.6 Å². The van der Waals surface area contributed by atoms with E-state index in [4.69, 9.17) is 14.7 Å². The molecule has 20 heavy (non-hydrogen) atoms. The van der Waals surface area contributed by atoms with Crippen LogP contribution in [-0.2, 0) is 9.59 Å². The second-order valence-electron chi connectivity index (χ2n) is 4.03. The molecule has 0 bridgehead atoms. The molecule has 0 radical (unpaired) electrons. The molecule has 0 unspecified atom stereocenters. The summed E-state index contributed by atoms with van der Waals surface area (Å²) < 4.78 is 10.3. The van der Waals surface area contributed by atoms with Gasteiger partial charge in [0.25, 0.3) is 0 Å². The van der Waals surface area contributed by atoms with Crippen LogP contribution in [0.15, 0.2) is 23.8 Å². The summed E-state index contributed by atoms with van der Waals surface area (Å²) in [5.41, 5.74) is 0.768. The Morgan fingerprint density at radius 3 is 2.40 bits per heavy atom. The fraction of sp³-hybridized carbons (Fsp3) is 0.267. The van der Waals surface area contributed by atoms with Crippen LogP contribution in [0.25, 0.3) is 6.08 Å². The van der Waals surface area contributed by atoms with Crippen molar-refractivity contribution in [2.24, 2.45) is 0 Å². The molecule has 0 saturated carbocycles. The number of ether oxygens (including phenoxy) is 2. The maximum atomic E-state index is 11.4. The van der Waals surface area contributed by atoms with Crippen molar-refractivity contribution in [3.63, 3.8) is 0 Å². The van der Waals surface area contributed by atoms with Crippen LogP contribution in [0.1, 0.15) is 19.4 Å². The quantitative estimate of drug-likeness (QED) is 0.451. The Bertz CT molecular complexity index is 580. The van der Waals surface area contributed by atoms with Crippen LogP contribution in [-0.4, -0.2) is 25.3 Å². The van der Waals surface area contributed by atoms with E-state index in [9.17, 15) is 9.59 Å². The average molecular weight is 273 g/mol. The number of carbonyl (C=O) groups excluding carboxylic acids is 2. The summed E-state index contributed by atoms with van der Waals surface area (Å²) in [5.74, 6) is 0.279. The van der Waals surface area contributed by atoms with Gasteiger partial charge in [0.15, 0.2) is 29.7 Å². The molecule has 0 N–H and O–H groups in total. The van der Waals surface area contributed by atoms with Crippen LogP contribution in [0.4, 0.5) is 0 Å². The van der Waals surface area contributed by atoms with Crippen molar-refractivity contribution in [3.8, 4) is 17.6 Å². The van der Waals surface area contributed by atoms with Gasteiger partial charge in [-0.25, -0.2) is 0 Å². The first-order chi connectivity index (χ1) is 9.49. The van der Waals surface area contributed by atoms with Crippen molar-refractivity contribution in [1.82, 2.24) is 0 Å². The smallest absolute Gasteiger partial charge is 0.174 e. The zero-order chi connectivity index (χ0) is 15.1. The highest BCUT2D eigenvalue weighted by Crippen LogP contribution is 2.29. The topological polar surface area (TPSA) is 76.4 Å². The first-order valence-electron chi connectivity index (χ1n) is 5.91. The summed E-state index contributed by atoms with van der Waals surface area (Å²) in [5, 5.41) is 8.49. The summed E-state index contributed by atoms with van der Waals surface area (Å²) in [6.45, 7) is 2.60. The van der Waals surface area contributed by atoms with Gasteiger partial charge < -0.3 is 9.47 Å². The number of methoxy groups -OCH3 is 1. The maximum absolute atomic E-state index is 11.4. The summed E-state index contributed by atoms with van der Waals surface area (Å²) in [6, 6.07) is 6.81. The van der Waals surface area contributed by atoms with Gasteiger partial charge in [0, 0.05) is 0 Å². The molecular formula is C15H15NO4. The monoisotopic (exact) mass is 273 g/mol. The van der Waals surface area contributed by atoms with Gasteiger partial charge in [-0.15, -0.1) is 0 Å². The van der Waals surface area contributed by atoms with Gasteiger partial charge in [-0.3, -0.25) is 9.59 Å². The largest absolute Gasteiger partial charge is 0.493 e.